The molecule has 2 aromatic rings. The Hall–Kier alpha value is -1.72. The van der Waals surface area contributed by atoms with Gasteiger partial charge in [-0.05, 0) is 35.1 Å². The van der Waals surface area contributed by atoms with Crippen molar-refractivity contribution in [2.75, 3.05) is 13.1 Å². The number of carbonyl (C=O) groups is 1. The van der Waals surface area contributed by atoms with Gasteiger partial charge in [-0.15, -0.1) is 11.3 Å². The zero-order chi connectivity index (χ0) is 17.8. The summed E-state index contributed by atoms with van der Waals surface area (Å²) in [5, 5.41) is 2.10. The van der Waals surface area contributed by atoms with E-state index in [0.29, 0.717) is 18.9 Å². The predicted octanol–water partition coefficient (Wildman–Crippen LogP) is 4.15. The van der Waals surface area contributed by atoms with Crippen LogP contribution in [0.25, 0.3) is 0 Å². The third kappa shape index (κ3) is 4.67. The lowest BCUT2D eigenvalue weighted by Gasteiger charge is -2.34. The van der Waals surface area contributed by atoms with Gasteiger partial charge in [0.25, 0.3) is 0 Å². The van der Waals surface area contributed by atoms with E-state index in [-0.39, 0.29) is 17.8 Å². The standard InChI is InChI=1S/C20H25FN2OS/c1-15(2)19-14-22(13-18-4-3-11-25-18)10-9-20(24)23(19)12-16-5-7-17(21)8-6-16/h3-8,11,15,19H,9-10,12-14H2,1-2H3/t19-/m0/s1. The lowest BCUT2D eigenvalue weighted by atomic mass is 10.0. The molecule has 5 heteroatoms. The Morgan fingerprint density at radius 2 is 1.96 bits per heavy atom. The second-order valence-electron chi connectivity index (χ2n) is 7.02. The molecule has 0 spiro atoms. The van der Waals surface area contributed by atoms with E-state index in [2.05, 4.69) is 36.3 Å². The quantitative estimate of drug-likeness (QED) is 0.800. The summed E-state index contributed by atoms with van der Waals surface area (Å²) >= 11 is 1.76. The molecular formula is C20H25FN2OS. The van der Waals surface area contributed by atoms with Gasteiger partial charge in [-0.25, -0.2) is 4.39 Å². The Labute approximate surface area is 153 Å². The molecule has 0 bridgehead atoms. The fraction of sp³-hybridized carbons (Fsp3) is 0.450. The molecule has 0 radical (unpaired) electrons. The molecule has 0 saturated carbocycles. The van der Waals surface area contributed by atoms with Crippen molar-refractivity contribution < 1.29 is 9.18 Å². The first-order valence-electron chi connectivity index (χ1n) is 8.81. The molecule has 1 aromatic carbocycles. The summed E-state index contributed by atoms with van der Waals surface area (Å²) in [6.07, 6.45) is 0.537. The van der Waals surface area contributed by atoms with Crippen molar-refractivity contribution in [3.05, 3.63) is 58.0 Å². The van der Waals surface area contributed by atoms with Gasteiger partial charge < -0.3 is 4.90 Å². The van der Waals surface area contributed by atoms with Gasteiger partial charge in [0.15, 0.2) is 0 Å². The minimum atomic E-state index is -0.242. The van der Waals surface area contributed by atoms with Crippen LogP contribution in [0.2, 0.25) is 0 Å². The number of carbonyl (C=O) groups excluding carboxylic acids is 1. The third-order valence-corrected chi connectivity index (χ3v) is 5.66. The first-order chi connectivity index (χ1) is 12.0. The van der Waals surface area contributed by atoms with E-state index in [4.69, 9.17) is 0 Å². The molecule has 25 heavy (non-hydrogen) atoms. The molecule has 0 aliphatic carbocycles. The van der Waals surface area contributed by atoms with Crippen molar-refractivity contribution in [3.8, 4) is 0 Å². The number of nitrogens with zero attached hydrogens (tertiary/aromatic N) is 2. The number of hydrogen-bond acceptors (Lipinski definition) is 3. The average molecular weight is 360 g/mol. The minimum Gasteiger partial charge on any atom is -0.334 e. The van der Waals surface area contributed by atoms with Crippen molar-refractivity contribution >= 4 is 17.2 Å². The summed E-state index contributed by atoms with van der Waals surface area (Å²) in [7, 11) is 0. The Morgan fingerprint density at radius 3 is 2.60 bits per heavy atom. The molecule has 3 rings (SSSR count). The highest BCUT2D eigenvalue weighted by molar-refractivity contribution is 7.09. The molecule has 1 amide bonds. The maximum absolute atomic E-state index is 13.2. The van der Waals surface area contributed by atoms with Gasteiger partial charge >= 0.3 is 0 Å². The van der Waals surface area contributed by atoms with E-state index in [9.17, 15) is 9.18 Å². The number of amides is 1. The molecule has 134 valence electrons. The first kappa shape index (κ1) is 18.1. The van der Waals surface area contributed by atoms with Crippen LogP contribution in [0.15, 0.2) is 41.8 Å². The largest absolute Gasteiger partial charge is 0.334 e. The molecule has 1 atom stereocenters. The lowest BCUT2D eigenvalue weighted by molar-refractivity contribution is -0.134. The van der Waals surface area contributed by atoms with Gasteiger partial charge in [-0.3, -0.25) is 9.69 Å². The predicted molar refractivity (Wildman–Crippen MR) is 99.8 cm³/mol. The van der Waals surface area contributed by atoms with Crippen molar-refractivity contribution in [1.29, 1.82) is 0 Å². The number of hydrogen-bond donors (Lipinski definition) is 0. The topological polar surface area (TPSA) is 23.6 Å². The summed E-state index contributed by atoms with van der Waals surface area (Å²) in [4.78, 5) is 18.5. The number of rotatable bonds is 5. The summed E-state index contributed by atoms with van der Waals surface area (Å²) in [6, 6.07) is 10.9. The van der Waals surface area contributed by atoms with Crippen LogP contribution in [0.4, 0.5) is 4.39 Å². The van der Waals surface area contributed by atoms with Gasteiger partial charge in [-0.2, -0.15) is 0 Å². The number of halogens is 1. The van der Waals surface area contributed by atoms with Gasteiger partial charge in [0, 0.05) is 43.5 Å². The normalized spacial score (nSPS) is 19.4. The molecule has 1 fully saturated rings. The third-order valence-electron chi connectivity index (χ3n) is 4.80. The molecule has 0 unspecified atom stereocenters. The molecule has 1 saturated heterocycles. The fourth-order valence-corrected chi connectivity index (χ4v) is 4.11. The van der Waals surface area contributed by atoms with Crippen LogP contribution in [0.3, 0.4) is 0 Å². The van der Waals surface area contributed by atoms with Crippen molar-refractivity contribution in [1.82, 2.24) is 9.80 Å². The second-order valence-corrected chi connectivity index (χ2v) is 8.06. The average Bonchev–Trinajstić information content (AvgIpc) is 3.04. The number of thiophene rings is 1. The molecule has 1 aromatic heterocycles. The van der Waals surface area contributed by atoms with Crippen LogP contribution in [-0.2, 0) is 17.9 Å². The van der Waals surface area contributed by atoms with Crippen LogP contribution >= 0.6 is 11.3 Å². The summed E-state index contributed by atoms with van der Waals surface area (Å²) in [5.41, 5.74) is 0.979. The molecule has 2 heterocycles. The maximum atomic E-state index is 13.2. The van der Waals surface area contributed by atoms with Crippen molar-refractivity contribution in [3.63, 3.8) is 0 Å². The Kier molecular flexibility index (Phi) is 5.86. The summed E-state index contributed by atoms with van der Waals surface area (Å²) < 4.78 is 13.2. The van der Waals surface area contributed by atoms with Crippen LogP contribution < -0.4 is 0 Å². The first-order valence-corrected chi connectivity index (χ1v) is 9.69. The summed E-state index contributed by atoms with van der Waals surface area (Å²) in [6.45, 7) is 7.46. The van der Waals surface area contributed by atoms with Gasteiger partial charge in [-0.1, -0.05) is 32.0 Å². The van der Waals surface area contributed by atoms with Crippen LogP contribution in [0.1, 0.15) is 30.7 Å². The van der Waals surface area contributed by atoms with Gasteiger partial charge in [0.05, 0.1) is 0 Å². The van der Waals surface area contributed by atoms with E-state index in [0.717, 1.165) is 25.2 Å². The highest BCUT2D eigenvalue weighted by Gasteiger charge is 2.31. The monoisotopic (exact) mass is 360 g/mol. The lowest BCUT2D eigenvalue weighted by Crippen LogP contribution is -2.45. The Bertz CT molecular complexity index is 684. The Morgan fingerprint density at radius 1 is 1.20 bits per heavy atom. The zero-order valence-corrected chi connectivity index (χ0v) is 15.6. The van der Waals surface area contributed by atoms with E-state index >= 15 is 0 Å². The Balaban J connectivity index is 1.76. The molecule has 1 aliphatic heterocycles. The minimum absolute atomic E-state index is 0.167. The fourth-order valence-electron chi connectivity index (χ4n) is 3.37. The van der Waals surface area contributed by atoms with E-state index < -0.39 is 0 Å². The van der Waals surface area contributed by atoms with Crippen molar-refractivity contribution in [2.45, 2.75) is 39.4 Å². The van der Waals surface area contributed by atoms with E-state index in [1.165, 1.54) is 17.0 Å². The van der Waals surface area contributed by atoms with Crippen LogP contribution in [-0.4, -0.2) is 34.8 Å². The zero-order valence-electron chi connectivity index (χ0n) is 14.8. The highest BCUT2D eigenvalue weighted by Crippen LogP contribution is 2.23. The molecule has 3 nitrogen and oxygen atoms in total. The smallest absolute Gasteiger partial charge is 0.224 e. The summed E-state index contributed by atoms with van der Waals surface area (Å²) in [5.74, 6) is 0.318. The molecular weight excluding hydrogens is 335 g/mol. The number of benzene rings is 1. The van der Waals surface area contributed by atoms with E-state index in [1.54, 1.807) is 23.5 Å². The second kappa shape index (κ2) is 8.11. The van der Waals surface area contributed by atoms with Gasteiger partial charge in [0.2, 0.25) is 5.91 Å². The highest BCUT2D eigenvalue weighted by atomic mass is 32.1. The van der Waals surface area contributed by atoms with Crippen LogP contribution in [0, 0.1) is 11.7 Å². The molecule has 0 N–H and O–H groups in total. The van der Waals surface area contributed by atoms with Crippen molar-refractivity contribution in [2.24, 2.45) is 5.92 Å². The maximum Gasteiger partial charge on any atom is 0.224 e. The molecule has 1 aliphatic rings. The SMILES string of the molecule is CC(C)[C@@H]1CN(Cc2cccs2)CCC(=O)N1Cc1ccc(F)cc1. The van der Waals surface area contributed by atoms with Crippen LogP contribution in [0.5, 0.6) is 0 Å². The van der Waals surface area contributed by atoms with Gasteiger partial charge in [0.1, 0.15) is 5.82 Å². The van der Waals surface area contributed by atoms with E-state index in [1.807, 2.05) is 4.90 Å².